The topological polar surface area (TPSA) is 62.2 Å². The first-order valence-electron chi connectivity index (χ1n) is 12.5. The number of aryl methyl sites for hydroxylation is 2. The zero-order valence-electron chi connectivity index (χ0n) is 21.5. The highest BCUT2D eigenvalue weighted by molar-refractivity contribution is 7.80. The number of hydrogen-bond donors (Lipinski definition) is 2. The van der Waals surface area contributed by atoms with Gasteiger partial charge in [-0.05, 0) is 85.7 Å². The minimum absolute atomic E-state index is 0.00152. The number of hydrogen-bond acceptors (Lipinski definition) is 3. The van der Waals surface area contributed by atoms with Crippen molar-refractivity contribution in [1.29, 1.82) is 0 Å². The molecule has 7 heteroatoms. The van der Waals surface area contributed by atoms with Gasteiger partial charge in [-0.3, -0.25) is 9.78 Å². The fourth-order valence-corrected chi connectivity index (χ4v) is 5.18. The van der Waals surface area contributed by atoms with Crippen LogP contribution in [0.1, 0.15) is 48.4 Å². The Labute approximate surface area is 223 Å². The summed E-state index contributed by atoms with van der Waals surface area (Å²) in [5, 5.41) is 7.21. The zero-order chi connectivity index (χ0) is 26.1. The SMILES string of the molecule is Cc1cc(N2C(=S)NC(c3ccccn3)C2c2cccn2-c2ccccc2C)ccc1NC(=O)C(C)C. The van der Waals surface area contributed by atoms with E-state index in [-0.39, 0.29) is 23.9 Å². The molecule has 1 saturated heterocycles. The zero-order valence-corrected chi connectivity index (χ0v) is 22.3. The van der Waals surface area contributed by atoms with Crippen molar-refractivity contribution in [3.8, 4) is 5.69 Å². The predicted molar refractivity (Wildman–Crippen MR) is 153 cm³/mol. The van der Waals surface area contributed by atoms with E-state index in [0.29, 0.717) is 5.11 Å². The molecule has 1 aliphatic rings. The summed E-state index contributed by atoms with van der Waals surface area (Å²) in [6, 6.07) is 24.3. The van der Waals surface area contributed by atoms with Crippen molar-refractivity contribution in [2.45, 2.75) is 39.8 Å². The Kier molecular flexibility index (Phi) is 6.80. The van der Waals surface area contributed by atoms with Crippen LogP contribution in [0, 0.1) is 19.8 Å². The number of amides is 1. The smallest absolute Gasteiger partial charge is 0.226 e. The summed E-state index contributed by atoms with van der Waals surface area (Å²) >= 11 is 5.92. The molecule has 3 heterocycles. The molecule has 0 saturated carbocycles. The molecule has 0 spiro atoms. The van der Waals surface area contributed by atoms with Crippen molar-refractivity contribution < 1.29 is 4.79 Å². The lowest BCUT2D eigenvalue weighted by Crippen LogP contribution is -2.30. The Balaban J connectivity index is 1.61. The second-order valence-electron chi connectivity index (χ2n) is 9.73. The van der Waals surface area contributed by atoms with Gasteiger partial charge in [-0.15, -0.1) is 0 Å². The maximum absolute atomic E-state index is 12.3. The standard InChI is InChI=1S/C30H31N5OS/c1-19(2)29(36)32-23-15-14-22(18-21(23)4)35-28(27(33-30(35)37)24-11-7-8-16-31-24)26-13-9-17-34(26)25-12-6-5-10-20(25)3/h5-19,27-28H,1-4H3,(H,32,36)(H,33,37). The number of aromatic nitrogens is 2. The number of rotatable bonds is 6. The average molecular weight is 510 g/mol. The summed E-state index contributed by atoms with van der Waals surface area (Å²) in [6.45, 7) is 7.91. The number of anilines is 2. The molecule has 0 aliphatic carbocycles. The van der Waals surface area contributed by atoms with Crippen molar-refractivity contribution in [3.05, 3.63) is 108 Å². The number of nitrogens with one attached hydrogen (secondary N) is 2. The third-order valence-electron chi connectivity index (χ3n) is 6.83. The van der Waals surface area contributed by atoms with E-state index in [1.165, 1.54) is 5.56 Å². The molecular weight excluding hydrogens is 478 g/mol. The van der Waals surface area contributed by atoms with Crippen molar-refractivity contribution in [3.63, 3.8) is 0 Å². The highest BCUT2D eigenvalue weighted by atomic mass is 32.1. The van der Waals surface area contributed by atoms with Gasteiger partial charge >= 0.3 is 0 Å². The summed E-state index contributed by atoms with van der Waals surface area (Å²) in [5.74, 6) is -0.0921. The van der Waals surface area contributed by atoms with E-state index in [4.69, 9.17) is 12.2 Å². The summed E-state index contributed by atoms with van der Waals surface area (Å²) in [7, 11) is 0. The molecule has 188 valence electrons. The second kappa shape index (κ2) is 10.2. The van der Waals surface area contributed by atoms with Gasteiger partial charge in [0.1, 0.15) is 6.04 Å². The number of carbonyl (C=O) groups is 1. The molecule has 4 aromatic rings. The van der Waals surface area contributed by atoms with Gasteiger partial charge < -0.3 is 20.1 Å². The lowest BCUT2D eigenvalue weighted by Gasteiger charge is -2.29. The molecule has 2 aromatic heterocycles. The molecule has 1 amide bonds. The van der Waals surface area contributed by atoms with Crippen molar-refractivity contribution in [1.82, 2.24) is 14.9 Å². The van der Waals surface area contributed by atoms with Gasteiger partial charge in [0.15, 0.2) is 5.11 Å². The normalized spacial score (nSPS) is 17.2. The number of nitrogens with zero attached hydrogens (tertiary/aromatic N) is 3. The molecule has 6 nitrogen and oxygen atoms in total. The Morgan fingerprint density at radius 3 is 2.49 bits per heavy atom. The highest BCUT2D eigenvalue weighted by Crippen LogP contribution is 2.43. The Morgan fingerprint density at radius 2 is 1.78 bits per heavy atom. The van der Waals surface area contributed by atoms with Gasteiger partial charge in [0.25, 0.3) is 0 Å². The number of carbonyl (C=O) groups excluding carboxylic acids is 1. The first kappa shape index (κ1) is 24.7. The third-order valence-corrected chi connectivity index (χ3v) is 7.14. The molecule has 2 unspecified atom stereocenters. The second-order valence-corrected chi connectivity index (χ2v) is 10.1. The number of para-hydroxylation sites is 1. The van der Waals surface area contributed by atoms with Crippen LogP contribution in [0.3, 0.4) is 0 Å². The molecule has 1 fully saturated rings. The van der Waals surface area contributed by atoms with Crippen LogP contribution in [-0.2, 0) is 4.79 Å². The van der Waals surface area contributed by atoms with E-state index in [0.717, 1.165) is 34.0 Å². The lowest BCUT2D eigenvalue weighted by atomic mass is 10.00. The van der Waals surface area contributed by atoms with E-state index in [2.05, 4.69) is 80.7 Å². The fourth-order valence-electron chi connectivity index (χ4n) is 4.84. The quantitative estimate of drug-likeness (QED) is 0.300. The van der Waals surface area contributed by atoms with Crippen LogP contribution in [0.4, 0.5) is 11.4 Å². The van der Waals surface area contributed by atoms with Crippen LogP contribution in [0.5, 0.6) is 0 Å². The first-order valence-corrected chi connectivity index (χ1v) is 12.9. The Morgan fingerprint density at radius 1 is 1.00 bits per heavy atom. The summed E-state index contributed by atoms with van der Waals surface area (Å²) in [6.07, 6.45) is 3.92. The van der Waals surface area contributed by atoms with E-state index in [1.807, 2.05) is 57.3 Å². The highest BCUT2D eigenvalue weighted by Gasteiger charge is 2.42. The van der Waals surface area contributed by atoms with Crippen LogP contribution in [0.2, 0.25) is 0 Å². The molecule has 2 atom stereocenters. The van der Waals surface area contributed by atoms with Gasteiger partial charge in [-0.25, -0.2) is 0 Å². The maximum Gasteiger partial charge on any atom is 0.226 e. The van der Waals surface area contributed by atoms with Gasteiger partial charge in [-0.2, -0.15) is 0 Å². The first-order chi connectivity index (χ1) is 17.8. The summed E-state index contributed by atoms with van der Waals surface area (Å²) in [5.41, 5.74) is 7.09. The molecule has 37 heavy (non-hydrogen) atoms. The minimum Gasteiger partial charge on any atom is -0.351 e. The summed E-state index contributed by atoms with van der Waals surface area (Å²) in [4.78, 5) is 19.1. The van der Waals surface area contributed by atoms with Crippen molar-refractivity contribution in [2.75, 3.05) is 10.2 Å². The minimum atomic E-state index is -0.146. The van der Waals surface area contributed by atoms with E-state index >= 15 is 0 Å². The van der Waals surface area contributed by atoms with E-state index in [9.17, 15) is 4.79 Å². The molecule has 2 aromatic carbocycles. The molecule has 0 radical (unpaired) electrons. The number of pyridine rings is 1. The molecule has 0 bridgehead atoms. The lowest BCUT2D eigenvalue weighted by molar-refractivity contribution is -0.118. The van der Waals surface area contributed by atoms with Gasteiger partial charge in [0.05, 0.1) is 11.7 Å². The Bertz CT molecular complexity index is 1450. The monoisotopic (exact) mass is 509 g/mol. The molecular formula is C30H31N5OS. The van der Waals surface area contributed by atoms with Crippen LogP contribution >= 0.6 is 12.2 Å². The van der Waals surface area contributed by atoms with Gasteiger partial charge in [0, 0.05) is 41.1 Å². The van der Waals surface area contributed by atoms with E-state index < -0.39 is 0 Å². The summed E-state index contributed by atoms with van der Waals surface area (Å²) < 4.78 is 2.24. The average Bonchev–Trinajstić information content (AvgIpc) is 3.50. The van der Waals surface area contributed by atoms with Crippen LogP contribution < -0.4 is 15.5 Å². The van der Waals surface area contributed by atoms with Crippen molar-refractivity contribution >= 4 is 34.6 Å². The molecule has 2 N–H and O–H groups in total. The predicted octanol–water partition coefficient (Wildman–Crippen LogP) is 6.26. The van der Waals surface area contributed by atoms with Crippen LogP contribution in [-0.4, -0.2) is 20.6 Å². The van der Waals surface area contributed by atoms with Crippen molar-refractivity contribution in [2.24, 2.45) is 5.92 Å². The van der Waals surface area contributed by atoms with Crippen LogP contribution in [0.25, 0.3) is 5.69 Å². The fraction of sp³-hybridized carbons (Fsp3) is 0.233. The Hall–Kier alpha value is -3.97. The number of benzene rings is 2. The number of thiocarbonyl (C=S) groups is 1. The molecule has 5 rings (SSSR count). The van der Waals surface area contributed by atoms with Crippen LogP contribution in [0.15, 0.2) is 85.2 Å². The third kappa shape index (κ3) is 4.74. The van der Waals surface area contributed by atoms with E-state index in [1.54, 1.807) is 0 Å². The molecule has 1 aliphatic heterocycles. The van der Waals surface area contributed by atoms with Gasteiger partial charge in [-0.1, -0.05) is 38.1 Å². The maximum atomic E-state index is 12.3. The largest absolute Gasteiger partial charge is 0.351 e. The van der Waals surface area contributed by atoms with Gasteiger partial charge in [0.2, 0.25) is 5.91 Å².